The number of sulfonamides is 1. The van der Waals surface area contributed by atoms with Gasteiger partial charge in [0.2, 0.25) is 15.8 Å². The number of benzene rings is 3. The summed E-state index contributed by atoms with van der Waals surface area (Å²) in [6.45, 7) is 0. The molecule has 4 aromatic rings. The second-order valence-electron chi connectivity index (χ2n) is 6.89. The van der Waals surface area contributed by atoms with Crippen molar-refractivity contribution in [1.82, 2.24) is 5.16 Å². The lowest BCUT2D eigenvalue weighted by molar-refractivity contribution is 0.0988. The molecule has 4 rings (SSSR count). The number of nitrogens with zero attached hydrogens (tertiary/aromatic N) is 1. The van der Waals surface area contributed by atoms with Crippen LogP contribution in [0.15, 0.2) is 82.2 Å². The molecule has 0 fully saturated rings. The number of nitrogens with two attached hydrogens (primary N) is 2. The van der Waals surface area contributed by atoms with Gasteiger partial charge in [0.1, 0.15) is 5.69 Å². The summed E-state index contributed by atoms with van der Waals surface area (Å²) in [7, 11) is -3.88. The zero-order valence-electron chi connectivity index (χ0n) is 16.4. The largest absolute Gasteiger partial charge is 0.398 e. The maximum Gasteiger partial charge on any atom is 0.294 e. The Bertz CT molecular complexity index is 1420. The number of nitrogens with one attached hydrogen (secondary N) is 1. The fraction of sp³-hybridized carbons (Fsp3) is 0. The van der Waals surface area contributed by atoms with Crippen molar-refractivity contribution >= 4 is 38.9 Å². The van der Waals surface area contributed by atoms with E-state index < -0.39 is 15.9 Å². The molecule has 0 aliphatic carbocycles. The molecule has 5 N–H and O–H groups in total. The number of primary sulfonamides is 1. The standard InChI is InChI=1S/C22H17ClN4O4S/c23-17-10-7-14(11-18(17)24)19-12-20(31-27-19)22(28)26-15-8-5-13(6-9-15)16-3-1-2-4-21(16)32(25,29)30/h1-12H,24H2,(H,26,28)(H2,25,29,30). The Morgan fingerprint density at radius 2 is 1.66 bits per heavy atom. The number of aromatic nitrogens is 1. The van der Waals surface area contributed by atoms with Crippen LogP contribution in [0.3, 0.4) is 0 Å². The number of halogens is 1. The highest BCUT2D eigenvalue weighted by atomic mass is 35.5. The minimum absolute atomic E-state index is 0.0113. The van der Waals surface area contributed by atoms with Crippen LogP contribution in [-0.2, 0) is 10.0 Å². The lowest BCUT2D eigenvalue weighted by Gasteiger charge is -2.09. The lowest BCUT2D eigenvalue weighted by atomic mass is 10.1. The molecule has 0 atom stereocenters. The summed E-state index contributed by atoms with van der Waals surface area (Å²) < 4.78 is 28.8. The molecule has 1 aromatic heterocycles. The highest BCUT2D eigenvalue weighted by Gasteiger charge is 2.17. The number of hydrogen-bond donors (Lipinski definition) is 3. The smallest absolute Gasteiger partial charge is 0.294 e. The van der Waals surface area contributed by atoms with E-state index in [0.717, 1.165) is 0 Å². The SMILES string of the molecule is Nc1cc(-c2cc(C(=O)Nc3ccc(-c4ccccc4S(N)(=O)=O)cc3)on2)ccc1Cl. The van der Waals surface area contributed by atoms with Crippen molar-refractivity contribution in [3.8, 4) is 22.4 Å². The Labute approximate surface area is 188 Å². The molecule has 0 spiro atoms. The number of anilines is 2. The van der Waals surface area contributed by atoms with E-state index in [1.807, 2.05) is 0 Å². The predicted octanol–water partition coefficient (Wildman–Crippen LogP) is 4.14. The molecule has 32 heavy (non-hydrogen) atoms. The van der Waals surface area contributed by atoms with Crippen molar-refractivity contribution in [2.45, 2.75) is 4.90 Å². The zero-order chi connectivity index (χ0) is 22.9. The highest BCUT2D eigenvalue weighted by Crippen LogP contribution is 2.29. The average molecular weight is 469 g/mol. The minimum atomic E-state index is -3.88. The first kappa shape index (κ1) is 21.6. The summed E-state index contributed by atoms with van der Waals surface area (Å²) in [6.07, 6.45) is 0. The van der Waals surface area contributed by atoms with Gasteiger partial charge in [0.05, 0.1) is 15.6 Å². The number of rotatable bonds is 5. The van der Waals surface area contributed by atoms with Crippen LogP contribution in [0, 0.1) is 0 Å². The second kappa shape index (κ2) is 8.46. The molecule has 0 aliphatic heterocycles. The van der Waals surface area contributed by atoms with E-state index >= 15 is 0 Å². The predicted molar refractivity (Wildman–Crippen MR) is 123 cm³/mol. The van der Waals surface area contributed by atoms with Crippen LogP contribution in [-0.4, -0.2) is 19.5 Å². The van der Waals surface area contributed by atoms with Gasteiger partial charge in [-0.15, -0.1) is 0 Å². The molecule has 10 heteroatoms. The Morgan fingerprint density at radius 3 is 2.34 bits per heavy atom. The second-order valence-corrected chi connectivity index (χ2v) is 8.82. The summed E-state index contributed by atoms with van der Waals surface area (Å²) >= 11 is 5.93. The van der Waals surface area contributed by atoms with Gasteiger partial charge in [-0.3, -0.25) is 4.79 Å². The van der Waals surface area contributed by atoms with E-state index in [1.54, 1.807) is 60.7 Å². The van der Waals surface area contributed by atoms with Crippen molar-refractivity contribution < 1.29 is 17.7 Å². The van der Waals surface area contributed by atoms with Gasteiger partial charge in [-0.25, -0.2) is 13.6 Å². The van der Waals surface area contributed by atoms with Crippen LogP contribution in [0.4, 0.5) is 11.4 Å². The Kier molecular flexibility index (Phi) is 5.70. The number of hydrogen-bond acceptors (Lipinski definition) is 6. The van der Waals surface area contributed by atoms with Gasteiger partial charge in [-0.1, -0.05) is 53.2 Å². The molecule has 0 unspecified atom stereocenters. The summed E-state index contributed by atoms with van der Waals surface area (Å²) in [6, 6.07) is 19.6. The van der Waals surface area contributed by atoms with Crippen LogP contribution in [0.2, 0.25) is 5.02 Å². The Morgan fingerprint density at radius 1 is 0.969 bits per heavy atom. The van der Waals surface area contributed by atoms with Gasteiger partial charge < -0.3 is 15.6 Å². The van der Waals surface area contributed by atoms with E-state index in [1.165, 1.54) is 12.1 Å². The first-order valence-electron chi connectivity index (χ1n) is 9.28. The summed E-state index contributed by atoms with van der Waals surface area (Å²) in [5, 5.41) is 12.3. The Balaban J connectivity index is 1.52. The van der Waals surface area contributed by atoms with Crippen LogP contribution in [0.1, 0.15) is 10.6 Å². The Hall–Kier alpha value is -3.66. The maximum atomic E-state index is 12.5. The van der Waals surface area contributed by atoms with E-state index in [0.29, 0.717) is 38.8 Å². The number of carbonyl (C=O) groups is 1. The van der Waals surface area contributed by atoms with Crippen molar-refractivity contribution in [3.05, 3.63) is 83.6 Å². The van der Waals surface area contributed by atoms with Gasteiger partial charge in [-0.05, 0) is 35.9 Å². The third-order valence-electron chi connectivity index (χ3n) is 4.67. The van der Waals surface area contributed by atoms with Gasteiger partial charge in [-0.2, -0.15) is 0 Å². The van der Waals surface area contributed by atoms with Crippen molar-refractivity contribution in [3.63, 3.8) is 0 Å². The van der Waals surface area contributed by atoms with Crippen LogP contribution >= 0.6 is 11.6 Å². The molecule has 1 amide bonds. The van der Waals surface area contributed by atoms with Crippen molar-refractivity contribution in [2.24, 2.45) is 5.14 Å². The third kappa shape index (κ3) is 4.50. The normalized spacial score (nSPS) is 11.3. The van der Waals surface area contributed by atoms with E-state index in [4.69, 9.17) is 27.0 Å². The van der Waals surface area contributed by atoms with E-state index in [9.17, 15) is 13.2 Å². The monoisotopic (exact) mass is 468 g/mol. The summed E-state index contributed by atoms with van der Waals surface area (Å²) in [5.74, 6) is -0.486. The minimum Gasteiger partial charge on any atom is -0.398 e. The number of amides is 1. The molecule has 8 nitrogen and oxygen atoms in total. The summed E-state index contributed by atoms with van der Waals surface area (Å²) in [4.78, 5) is 12.6. The van der Waals surface area contributed by atoms with E-state index in [-0.39, 0.29) is 10.7 Å². The van der Waals surface area contributed by atoms with Gasteiger partial charge in [0, 0.05) is 22.9 Å². The number of nitrogen functional groups attached to an aromatic ring is 1. The molecule has 1 heterocycles. The van der Waals surface area contributed by atoms with Gasteiger partial charge >= 0.3 is 0 Å². The highest BCUT2D eigenvalue weighted by molar-refractivity contribution is 7.89. The fourth-order valence-corrected chi connectivity index (χ4v) is 3.98. The molecule has 3 aromatic carbocycles. The van der Waals surface area contributed by atoms with Crippen LogP contribution < -0.4 is 16.2 Å². The topological polar surface area (TPSA) is 141 Å². The molecule has 0 aliphatic rings. The fourth-order valence-electron chi connectivity index (χ4n) is 3.10. The van der Waals surface area contributed by atoms with Crippen molar-refractivity contribution in [2.75, 3.05) is 11.1 Å². The first-order chi connectivity index (χ1) is 15.2. The molecule has 162 valence electrons. The third-order valence-corrected chi connectivity index (χ3v) is 5.99. The molecule has 0 bridgehead atoms. The van der Waals surface area contributed by atoms with Gasteiger partial charge in [0.25, 0.3) is 5.91 Å². The molecular weight excluding hydrogens is 452 g/mol. The van der Waals surface area contributed by atoms with Gasteiger partial charge in [0.15, 0.2) is 0 Å². The molecule has 0 saturated heterocycles. The number of carbonyl (C=O) groups excluding carboxylic acids is 1. The molecule has 0 radical (unpaired) electrons. The van der Waals surface area contributed by atoms with Crippen molar-refractivity contribution in [1.29, 1.82) is 0 Å². The summed E-state index contributed by atoms with van der Waals surface area (Å²) in [5.41, 5.74) is 8.88. The van der Waals surface area contributed by atoms with E-state index in [2.05, 4.69) is 10.5 Å². The molecule has 0 saturated carbocycles. The van der Waals surface area contributed by atoms with Crippen LogP contribution in [0.25, 0.3) is 22.4 Å². The zero-order valence-corrected chi connectivity index (χ0v) is 18.0. The maximum absolute atomic E-state index is 12.5. The lowest BCUT2D eigenvalue weighted by Crippen LogP contribution is -2.13. The molecular formula is C22H17ClN4O4S. The average Bonchev–Trinajstić information content (AvgIpc) is 3.26. The van der Waals surface area contributed by atoms with Crippen LogP contribution in [0.5, 0.6) is 0 Å². The quantitative estimate of drug-likeness (QED) is 0.376. The first-order valence-corrected chi connectivity index (χ1v) is 11.2.